The molecule has 0 bridgehead atoms. The zero-order valence-electron chi connectivity index (χ0n) is 9.60. The van der Waals surface area contributed by atoms with E-state index in [4.69, 9.17) is 16.2 Å². The van der Waals surface area contributed by atoms with Gasteiger partial charge in [-0.2, -0.15) is 0 Å². The van der Waals surface area contributed by atoms with E-state index in [1.807, 2.05) is 0 Å². The van der Waals surface area contributed by atoms with Gasteiger partial charge in [0.25, 0.3) is 0 Å². The molecule has 1 aliphatic heterocycles. The molecule has 3 unspecified atom stereocenters. The van der Waals surface area contributed by atoms with Crippen LogP contribution in [0.2, 0.25) is 0 Å². The summed E-state index contributed by atoms with van der Waals surface area (Å²) in [5.74, 6) is 0.238. The number of hydrogen-bond donors (Lipinski definition) is 2. The second kappa shape index (κ2) is 5.12. The molecule has 1 saturated heterocycles. The van der Waals surface area contributed by atoms with E-state index in [9.17, 15) is 4.79 Å². The maximum atomic E-state index is 11.4. The van der Waals surface area contributed by atoms with Crippen molar-refractivity contribution >= 4 is 5.91 Å². The smallest absolute Gasteiger partial charge is 0.237 e. The van der Waals surface area contributed by atoms with E-state index >= 15 is 0 Å². The van der Waals surface area contributed by atoms with Gasteiger partial charge in [-0.1, -0.05) is 6.42 Å². The van der Waals surface area contributed by atoms with Crippen molar-refractivity contribution in [2.45, 2.75) is 31.3 Å². The van der Waals surface area contributed by atoms with Gasteiger partial charge in [-0.15, -0.1) is 0 Å². The average Bonchev–Trinajstić information content (AvgIpc) is 2.76. The Morgan fingerprint density at radius 1 is 1.44 bits per heavy atom. The van der Waals surface area contributed by atoms with E-state index in [2.05, 4.69) is 4.90 Å². The molecule has 5 heteroatoms. The monoisotopic (exact) mass is 227 g/mol. The van der Waals surface area contributed by atoms with Crippen molar-refractivity contribution in [1.29, 1.82) is 0 Å². The van der Waals surface area contributed by atoms with Crippen LogP contribution in [0.3, 0.4) is 0 Å². The van der Waals surface area contributed by atoms with Crippen molar-refractivity contribution in [3.8, 4) is 0 Å². The summed E-state index contributed by atoms with van der Waals surface area (Å²) in [7, 11) is 0. The van der Waals surface area contributed by atoms with Gasteiger partial charge in [0.1, 0.15) is 6.04 Å². The van der Waals surface area contributed by atoms with Gasteiger partial charge in [-0.05, 0) is 25.3 Å². The molecular formula is C11H21N3O2. The maximum Gasteiger partial charge on any atom is 0.237 e. The number of ether oxygens (including phenoxy) is 1. The third-order valence-electron chi connectivity index (χ3n) is 3.85. The second-order valence-electron chi connectivity index (χ2n) is 4.72. The topological polar surface area (TPSA) is 81.6 Å². The highest BCUT2D eigenvalue weighted by molar-refractivity contribution is 5.80. The summed E-state index contributed by atoms with van der Waals surface area (Å²) in [5, 5.41) is 0. The standard InChI is InChI=1S/C11H21N3O2/c12-6-8-2-1-3-9(8)14-4-5-16-7-10(14)11(13)15/h8-10H,1-7,12H2,(H2,13,15). The Balaban J connectivity index is 2.07. The molecule has 1 aliphatic carbocycles. The molecule has 0 radical (unpaired) electrons. The van der Waals surface area contributed by atoms with Crippen molar-refractivity contribution in [2.24, 2.45) is 17.4 Å². The van der Waals surface area contributed by atoms with E-state index < -0.39 is 0 Å². The summed E-state index contributed by atoms with van der Waals surface area (Å²) < 4.78 is 5.33. The van der Waals surface area contributed by atoms with Gasteiger partial charge in [0.15, 0.2) is 0 Å². The molecule has 0 spiro atoms. The SMILES string of the molecule is NCC1CCCC1N1CCOCC1C(N)=O. The van der Waals surface area contributed by atoms with Crippen LogP contribution in [0.1, 0.15) is 19.3 Å². The van der Waals surface area contributed by atoms with Crippen LogP contribution in [0.15, 0.2) is 0 Å². The lowest BCUT2D eigenvalue weighted by molar-refractivity contribution is -0.132. The van der Waals surface area contributed by atoms with Gasteiger partial charge >= 0.3 is 0 Å². The quantitative estimate of drug-likeness (QED) is 0.668. The fourth-order valence-corrected chi connectivity index (χ4v) is 2.99. The van der Waals surface area contributed by atoms with Crippen LogP contribution in [-0.4, -0.2) is 49.2 Å². The largest absolute Gasteiger partial charge is 0.378 e. The second-order valence-corrected chi connectivity index (χ2v) is 4.72. The lowest BCUT2D eigenvalue weighted by Gasteiger charge is -2.40. The number of rotatable bonds is 3. The van der Waals surface area contributed by atoms with Crippen LogP contribution in [0.4, 0.5) is 0 Å². The fourth-order valence-electron chi connectivity index (χ4n) is 2.99. The third kappa shape index (κ3) is 2.21. The molecule has 5 nitrogen and oxygen atoms in total. The molecule has 0 aromatic heterocycles. The number of hydrogen-bond acceptors (Lipinski definition) is 4. The van der Waals surface area contributed by atoms with Crippen molar-refractivity contribution < 1.29 is 9.53 Å². The Morgan fingerprint density at radius 2 is 2.25 bits per heavy atom. The van der Waals surface area contributed by atoms with E-state index in [0.717, 1.165) is 13.0 Å². The van der Waals surface area contributed by atoms with Crippen molar-refractivity contribution in [2.75, 3.05) is 26.3 Å². The van der Waals surface area contributed by atoms with Crippen LogP contribution in [0, 0.1) is 5.92 Å². The summed E-state index contributed by atoms with van der Waals surface area (Å²) in [6, 6.07) is 0.164. The number of amides is 1. The molecule has 1 amide bonds. The van der Waals surface area contributed by atoms with Gasteiger partial charge in [-0.3, -0.25) is 9.69 Å². The van der Waals surface area contributed by atoms with Crippen LogP contribution in [-0.2, 0) is 9.53 Å². The predicted octanol–water partition coefficient (Wildman–Crippen LogP) is -0.700. The van der Waals surface area contributed by atoms with Crippen LogP contribution in [0.5, 0.6) is 0 Å². The molecule has 2 rings (SSSR count). The summed E-state index contributed by atoms with van der Waals surface area (Å²) in [4.78, 5) is 13.6. The third-order valence-corrected chi connectivity index (χ3v) is 3.85. The first-order valence-corrected chi connectivity index (χ1v) is 6.07. The van der Waals surface area contributed by atoms with E-state index in [1.54, 1.807) is 0 Å². The van der Waals surface area contributed by atoms with Gasteiger partial charge in [0.05, 0.1) is 13.2 Å². The molecule has 92 valence electrons. The number of carbonyl (C=O) groups is 1. The summed E-state index contributed by atoms with van der Waals surface area (Å²) in [5.41, 5.74) is 11.2. The van der Waals surface area contributed by atoms with E-state index in [1.165, 1.54) is 12.8 Å². The summed E-state index contributed by atoms with van der Waals surface area (Å²) in [6.07, 6.45) is 3.50. The van der Waals surface area contributed by atoms with Gasteiger partial charge in [0.2, 0.25) is 5.91 Å². The molecular weight excluding hydrogens is 206 g/mol. The van der Waals surface area contributed by atoms with E-state index in [0.29, 0.717) is 31.7 Å². The molecule has 16 heavy (non-hydrogen) atoms. The first-order valence-electron chi connectivity index (χ1n) is 6.07. The minimum absolute atomic E-state index is 0.258. The van der Waals surface area contributed by atoms with Crippen LogP contribution in [0.25, 0.3) is 0 Å². The molecule has 2 aliphatic rings. The van der Waals surface area contributed by atoms with Gasteiger partial charge in [0, 0.05) is 12.6 Å². The number of carbonyl (C=O) groups excluding carboxylic acids is 1. The summed E-state index contributed by atoms with van der Waals surface area (Å²) in [6.45, 7) is 2.63. The molecule has 0 aromatic rings. The zero-order valence-corrected chi connectivity index (χ0v) is 9.60. The van der Waals surface area contributed by atoms with Crippen LogP contribution >= 0.6 is 0 Å². The minimum Gasteiger partial charge on any atom is -0.378 e. The predicted molar refractivity (Wildman–Crippen MR) is 60.7 cm³/mol. The first-order chi connectivity index (χ1) is 7.74. The Morgan fingerprint density at radius 3 is 2.94 bits per heavy atom. The summed E-state index contributed by atoms with van der Waals surface area (Å²) >= 11 is 0. The van der Waals surface area contributed by atoms with Crippen molar-refractivity contribution in [3.05, 3.63) is 0 Å². The number of nitrogens with zero attached hydrogens (tertiary/aromatic N) is 1. The van der Waals surface area contributed by atoms with Gasteiger partial charge < -0.3 is 16.2 Å². The molecule has 4 N–H and O–H groups in total. The number of morpholine rings is 1. The lowest BCUT2D eigenvalue weighted by Crippen LogP contribution is -2.57. The molecule has 2 fully saturated rings. The maximum absolute atomic E-state index is 11.4. The van der Waals surface area contributed by atoms with E-state index in [-0.39, 0.29) is 11.9 Å². The fraction of sp³-hybridized carbons (Fsp3) is 0.909. The Labute approximate surface area is 96.1 Å². The number of primary amides is 1. The first kappa shape index (κ1) is 11.8. The van der Waals surface area contributed by atoms with Crippen LogP contribution < -0.4 is 11.5 Å². The number of nitrogens with two attached hydrogens (primary N) is 2. The Bertz CT molecular complexity index is 260. The Hall–Kier alpha value is -0.650. The molecule has 1 heterocycles. The minimum atomic E-state index is -0.276. The highest BCUT2D eigenvalue weighted by atomic mass is 16.5. The highest BCUT2D eigenvalue weighted by Gasteiger charge is 2.38. The molecule has 3 atom stereocenters. The Kier molecular flexibility index (Phi) is 3.78. The zero-order chi connectivity index (χ0) is 11.5. The van der Waals surface area contributed by atoms with Crippen molar-refractivity contribution in [1.82, 2.24) is 4.90 Å². The van der Waals surface area contributed by atoms with Crippen molar-refractivity contribution in [3.63, 3.8) is 0 Å². The molecule has 0 aromatic carbocycles. The normalized spacial score (nSPS) is 36.4. The molecule has 1 saturated carbocycles. The van der Waals surface area contributed by atoms with Gasteiger partial charge in [-0.25, -0.2) is 0 Å². The lowest BCUT2D eigenvalue weighted by atomic mass is 10.00. The highest BCUT2D eigenvalue weighted by Crippen LogP contribution is 2.31. The average molecular weight is 227 g/mol.